The van der Waals surface area contributed by atoms with Crippen molar-refractivity contribution in [3.63, 3.8) is 0 Å². The van der Waals surface area contributed by atoms with Gasteiger partial charge >= 0.3 is 0 Å². The van der Waals surface area contributed by atoms with Crippen molar-refractivity contribution in [1.29, 1.82) is 0 Å². The first-order valence-corrected chi connectivity index (χ1v) is 10.1. The molecule has 2 aromatic carbocycles. The Balaban J connectivity index is 1.64. The van der Waals surface area contributed by atoms with Crippen LogP contribution in [0.2, 0.25) is 5.02 Å². The number of amides is 1. The predicted octanol–water partition coefficient (Wildman–Crippen LogP) is 3.14. The second-order valence-electron chi connectivity index (χ2n) is 5.93. The van der Waals surface area contributed by atoms with E-state index in [0.717, 1.165) is 12.8 Å². The second-order valence-corrected chi connectivity index (χ2v) is 8.31. The first-order valence-electron chi connectivity index (χ1n) is 8.23. The number of benzene rings is 2. The maximum atomic E-state index is 12.6. The van der Waals surface area contributed by atoms with Crippen molar-refractivity contribution in [3.05, 3.63) is 53.6 Å². The highest BCUT2D eigenvalue weighted by molar-refractivity contribution is 7.89. The molecule has 1 amide bonds. The number of nitrogens with zero attached hydrogens (tertiary/aromatic N) is 1. The van der Waals surface area contributed by atoms with Gasteiger partial charge in [0.25, 0.3) is 5.91 Å². The van der Waals surface area contributed by atoms with Crippen molar-refractivity contribution in [2.75, 3.05) is 25.0 Å². The van der Waals surface area contributed by atoms with Crippen LogP contribution in [0, 0.1) is 0 Å². The highest BCUT2D eigenvalue weighted by Crippen LogP contribution is 2.23. The number of anilines is 1. The van der Waals surface area contributed by atoms with Crippen molar-refractivity contribution in [1.82, 2.24) is 4.31 Å². The highest BCUT2D eigenvalue weighted by atomic mass is 35.5. The smallest absolute Gasteiger partial charge is 0.262 e. The Morgan fingerprint density at radius 3 is 2.58 bits per heavy atom. The molecule has 0 radical (unpaired) electrons. The molecule has 1 heterocycles. The van der Waals surface area contributed by atoms with E-state index >= 15 is 0 Å². The molecular weight excluding hydrogens is 376 g/mol. The molecule has 0 bridgehead atoms. The summed E-state index contributed by atoms with van der Waals surface area (Å²) in [5, 5.41) is 3.17. The largest absolute Gasteiger partial charge is 0.484 e. The van der Waals surface area contributed by atoms with E-state index in [1.54, 1.807) is 36.4 Å². The van der Waals surface area contributed by atoms with Gasteiger partial charge in [-0.15, -0.1) is 0 Å². The Hall–Kier alpha value is -2.09. The summed E-state index contributed by atoms with van der Waals surface area (Å²) in [5.74, 6) is 0.0960. The van der Waals surface area contributed by atoms with Gasteiger partial charge in [0.05, 0.1) is 4.90 Å². The average molecular weight is 395 g/mol. The zero-order valence-corrected chi connectivity index (χ0v) is 15.6. The zero-order chi connectivity index (χ0) is 18.6. The molecule has 3 rings (SSSR count). The molecule has 2 aromatic rings. The monoisotopic (exact) mass is 394 g/mol. The molecule has 0 saturated carbocycles. The van der Waals surface area contributed by atoms with E-state index in [4.69, 9.17) is 16.3 Å². The maximum absolute atomic E-state index is 12.6. The molecule has 6 nitrogen and oxygen atoms in total. The summed E-state index contributed by atoms with van der Waals surface area (Å²) < 4.78 is 32.0. The van der Waals surface area contributed by atoms with Gasteiger partial charge in [-0.25, -0.2) is 8.42 Å². The van der Waals surface area contributed by atoms with Crippen LogP contribution >= 0.6 is 11.6 Å². The van der Waals surface area contributed by atoms with Gasteiger partial charge in [0, 0.05) is 23.8 Å². The van der Waals surface area contributed by atoms with Crippen molar-refractivity contribution < 1.29 is 17.9 Å². The number of rotatable bonds is 6. The van der Waals surface area contributed by atoms with E-state index in [1.807, 2.05) is 0 Å². The van der Waals surface area contributed by atoms with E-state index in [0.29, 0.717) is 29.5 Å². The lowest BCUT2D eigenvalue weighted by atomic mass is 10.3. The third kappa shape index (κ3) is 4.55. The summed E-state index contributed by atoms with van der Waals surface area (Å²) in [7, 11) is -3.52. The Morgan fingerprint density at radius 2 is 1.85 bits per heavy atom. The normalized spacial score (nSPS) is 15.0. The van der Waals surface area contributed by atoms with E-state index in [2.05, 4.69) is 5.32 Å². The molecule has 1 aliphatic rings. The van der Waals surface area contributed by atoms with E-state index < -0.39 is 10.0 Å². The molecule has 0 aromatic heterocycles. The zero-order valence-electron chi connectivity index (χ0n) is 14.0. The summed E-state index contributed by atoms with van der Waals surface area (Å²) in [4.78, 5) is 12.2. The van der Waals surface area contributed by atoms with Crippen LogP contribution in [0.5, 0.6) is 5.75 Å². The standard InChI is InChI=1S/C18H19ClN2O4S/c19-14-5-3-7-16(11-14)25-13-18(22)20-15-6-4-8-17(12-15)26(23,24)21-9-1-2-10-21/h3-8,11-12H,1-2,9-10,13H2,(H,20,22). The average Bonchev–Trinajstić information content (AvgIpc) is 3.16. The third-order valence-corrected chi connectivity index (χ3v) is 6.12. The minimum Gasteiger partial charge on any atom is -0.484 e. The predicted molar refractivity (Wildman–Crippen MR) is 100 cm³/mol. The van der Waals surface area contributed by atoms with Crippen LogP contribution in [0.3, 0.4) is 0 Å². The SMILES string of the molecule is O=C(COc1cccc(Cl)c1)Nc1cccc(S(=O)(=O)N2CCCC2)c1. The maximum Gasteiger partial charge on any atom is 0.262 e. The summed E-state index contributed by atoms with van der Waals surface area (Å²) in [6, 6.07) is 13.0. The Morgan fingerprint density at radius 1 is 1.12 bits per heavy atom. The van der Waals surface area contributed by atoms with Crippen LogP contribution < -0.4 is 10.1 Å². The summed E-state index contributed by atoms with van der Waals surface area (Å²) >= 11 is 5.86. The van der Waals surface area contributed by atoms with Gasteiger partial charge in [-0.1, -0.05) is 23.7 Å². The molecule has 1 fully saturated rings. The van der Waals surface area contributed by atoms with E-state index in [1.165, 1.54) is 16.4 Å². The number of hydrogen-bond acceptors (Lipinski definition) is 4. The quantitative estimate of drug-likeness (QED) is 0.816. The summed E-state index contributed by atoms with van der Waals surface area (Å²) in [6.45, 7) is 0.863. The first kappa shape index (κ1) is 18.7. The number of ether oxygens (including phenoxy) is 1. The topological polar surface area (TPSA) is 75.7 Å². The number of halogens is 1. The minimum atomic E-state index is -3.52. The molecular formula is C18H19ClN2O4S. The summed E-state index contributed by atoms with van der Waals surface area (Å²) in [6.07, 6.45) is 1.74. The van der Waals surface area contributed by atoms with Gasteiger partial charge < -0.3 is 10.1 Å². The van der Waals surface area contributed by atoms with Crippen LogP contribution in [0.1, 0.15) is 12.8 Å². The molecule has 1 N–H and O–H groups in total. The van der Waals surface area contributed by atoms with Gasteiger partial charge in [-0.3, -0.25) is 4.79 Å². The van der Waals surface area contributed by atoms with Crippen LogP contribution in [-0.4, -0.2) is 38.3 Å². The fourth-order valence-corrected chi connectivity index (χ4v) is 4.46. The molecule has 138 valence electrons. The fraction of sp³-hybridized carbons (Fsp3) is 0.278. The van der Waals surface area contributed by atoms with Gasteiger partial charge in [-0.2, -0.15) is 4.31 Å². The highest BCUT2D eigenvalue weighted by Gasteiger charge is 2.27. The van der Waals surface area contributed by atoms with Crippen LogP contribution in [0.25, 0.3) is 0 Å². The number of hydrogen-bond donors (Lipinski definition) is 1. The molecule has 0 spiro atoms. The molecule has 0 unspecified atom stereocenters. The molecule has 1 aliphatic heterocycles. The van der Waals surface area contributed by atoms with Gasteiger partial charge in [0.15, 0.2) is 6.61 Å². The van der Waals surface area contributed by atoms with Gasteiger partial charge in [0.2, 0.25) is 10.0 Å². The number of carbonyl (C=O) groups is 1. The van der Waals surface area contributed by atoms with Crippen molar-refractivity contribution in [2.24, 2.45) is 0 Å². The van der Waals surface area contributed by atoms with Crippen LogP contribution in [0.15, 0.2) is 53.4 Å². The second kappa shape index (κ2) is 8.07. The third-order valence-electron chi connectivity index (χ3n) is 3.99. The molecule has 0 aliphatic carbocycles. The molecule has 8 heteroatoms. The number of sulfonamides is 1. The van der Waals surface area contributed by atoms with E-state index in [-0.39, 0.29) is 17.4 Å². The number of carbonyl (C=O) groups excluding carboxylic acids is 1. The Labute approximate surface area is 157 Å². The minimum absolute atomic E-state index is 0.174. The van der Waals surface area contributed by atoms with Gasteiger partial charge in [-0.05, 0) is 49.2 Å². The lowest BCUT2D eigenvalue weighted by molar-refractivity contribution is -0.118. The lowest BCUT2D eigenvalue weighted by Gasteiger charge is -2.16. The van der Waals surface area contributed by atoms with E-state index in [9.17, 15) is 13.2 Å². The molecule has 0 atom stereocenters. The molecule has 1 saturated heterocycles. The lowest BCUT2D eigenvalue weighted by Crippen LogP contribution is -2.28. The van der Waals surface area contributed by atoms with Crippen molar-refractivity contribution >= 4 is 33.2 Å². The number of nitrogens with one attached hydrogen (secondary N) is 1. The Kier molecular flexibility index (Phi) is 5.80. The summed E-state index contributed by atoms with van der Waals surface area (Å²) in [5.41, 5.74) is 0.407. The van der Waals surface area contributed by atoms with Gasteiger partial charge in [0.1, 0.15) is 5.75 Å². The fourth-order valence-electron chi connectivity index (χ4n) is 2.71. The molecule has 26 heavy (non-hydrogen) atoms. The van der Waals surface area contributed by atoms with Crippen molar-refractivity contribution in [3.8, 4) is 5.75 Å². The van der Waals surface area contributed by atoms with Crippen LogP contribution in [-0.2, 0) is 14.8 Å². The Bertz CT molecular complexity index is 896. The van der Waals surface area contributed by atoms with Crippen molar-refractivity contribution in [2.45, 2.75) is 17.7 Å². The first-order chi connectivity index (χ1) is 12.4. The van der Waals surface area contributed by atoms with Crippen LogP contribution in [0.4, 0.5) is 5.69 Å².